The van der Waals surface area contributed by atoms with Gasteiger partial charge in [-0.15, -0.1) is 12.3 Å². The van der Waals surface area contributed by atoms with Gasteiger partial charge < -0.3 is 5.32 Å². The van der Waals surface area contributed by atoms with Gasteiger partial charge in [0, 0.05) is 12.5 Å². The number of terminal acetylenes is 1. The highest BCUT2D eigenvalue weighted by atomic mass is 14.9. The fourth-order valence-electron chi connectivity index (χ4n) is 3.04. The summed E-state index contributed by atoms with van der Waals surface area (Å²) in [5, 5.41) is 3.64. The van der Waals surface area contributed by atoms with Gasteiger partial charge in [-0.2, -0.15) is 0 Å². The quantitative estimate of drug-likeness (QED) is 0.397. The fraction of sp³-hybridized carbons (Fsp3) is 0.875. The van der Waals surface area contributed by atoms with Gasteiger partial charge in [-0.3, -0.25) is 0 Å². The molecule has 1 fully saturated rings. The van der Waals surface area contributed by atoms with E-state index in [2.05, 4.69) is 18.2 Å². The van der Waals surface area contributed by atoms with Crippen molar-refractivity contribution >= 4 is 0 Å². The molecule has 1 heteroatoms. The van der Waals surface area contributed by atoms with Gasteiger partial charge >= 0.3 is 0 Å². The molecule has 1 rings (SSSR count). The van der Waals surface area contributed by atoms with E-state index >= 15 is 0 Å². The second-order valence-electron chi connectivity index (χ2n) is 5.44. The Morgan fingerprint density at radius 3 is 2.53 bits per heavy atom. The first-order valence-corrected chi connectivity index (χ1v) is 7.53. The molecule has 1 nitrogen and oxygen atoms in total. The third-order valence-corrected chi connectivity index (χ3v) is 3.96. The second-order valence-corrected chi connectivity index (χ2v) is 5.44. The SMILES string of the molecule is C#CCCCC(CC1CCCCCC1)NCC. The Kier molecular flexibility index (Phi) is 8.18. The van der Waals surface area contributed by atoms with Gasteiger partial charge in [0.1, 0.15) is 0 Å². The fourth-order valence-corrected chi connectivity index (χ4v) is 3.04. The highest BCUT2D eigenvalue weighted by Gasteiger charge is 2.17. The van der Waals surface area contributed by atoms with Crippen LogP contribution in [0.4, 0.5) is 0 Å². The van der Waals surface area contributed by atoms with Gasteiger partial charge in [-0.1, -0.05) is 45.4 Å². The molecule has 0 bridgehead atoms. The van der Waals surface area contributed by atoms with Crippen LogP contribution < -0.4 is 5.32 Å². The maximum absolute atomic E-state index is 5.32. The molecule has 1 aliphatic carbocycles. The Balaban J connectivity index is 2.27. The van der Waals surface area contributed by atoms with E-state index in [1.807, 2.05) is 0 Å². The molecular weight excluding hydrogens is 206 g/mol. The molecule has 0 aromatic rings. The minimum Gasteiger partial charge on any atom is -0.314 e. The smallest absolute Gasteiger partial charge is 0.00866 e. The van der Waals surface area contributed by atoms with Crippen molar-refractivity contribution in [3.8, 4) is 12.3 Å². The van der Waals surface area contributed by atoms with Crippen LogP contribution in [0.3, 0.4) is 0 Å². The molecule has 1 saturated carbocycles. The minimum atomic E-state index is 0.705. The van der Waals surface area contributed by atoms with Crippen molar-refractivity contribution in [2.75, 3.05) is 6.54 Å². The predicted octanol–water partition coefficient (Wildman–Crippen LogP) is 4.13. The highest BCUT2D eigenvalue weighted by molar-refractivity contribution is 4.84. The molecule has 0 radical (unpaired) electrons. The van der Waals surface area contributed by atoms with Crippen molar-refractivity contribution in [3.05, 3.63) is 0 Å². The zero-order valence-corrected chi connectivity index (χ0v) is 11.5. The van der Waals surface area contributed by atoms with Crippen molar-refractivity contribution in [1.29, 1.82) is 0 Å². The van der Waals surface area contributed by atoms with Crippen LogP contribution in [0.5, 0.6) is 0 Å². The van der Waals surface area contributed by atoms with E-state index in [4.69, 9.17) is 6.42 Å². The van der Waals surface area contributed by atoms with Crippen LogP contribution in [0.1, 0.15) is 71.1 Å². The molecule has 0 amide bonds. The van der Waals surface area contributed by atoms with Crippen LogP contribution in [0.25, 0.3) is 0 Å². The highest BCUT2D eigenvalue weighted by Crippen LogP contribution is 2.27. The first kappa shape index (κ1) is 14.6. The average Bonchev–Trinajstić information content (AvgIpc) is 2.58. The molecule has 1 unspecified atom stereocenters. The van der Waals surface area contributed by atoms with E-state index in [0.717, 1.165) is 18.9 Å². The van der Waals surface area contributed by atoms with Crippen molar-refractivity contribution in [2.24, 2.45) is 5.92 Å². The lowest BCUT2D eigenvalue weighted by atomic mass is 9.90. The van der Waals surface area contributed by atoms with Gasteiger partial charge in [0.15, 0.2) is 0 Å². The molecule has 17 heavy (non-hydrogen) atoms. The number of nitrogens with one attached hydrogen (secondary N) is 1. The maximum Gasteiger partial charge on any atom is 0.00866 e. The van der Waals surface area contributed by atoms with Gasteiger partial charge in [0.05, 0.1) is 0 Å². The molecule has 0 aromatic heterocycles. The zero-order valence-electron chi connectivity index (χ0n) is 11.5. The van der Waals surface area contributed by atoms with Crippen molar-refractivity contribution in [1.82, 2.24) is 5.32 Å². The van der Waals surface area contributed by atoms with Crippen molar-refractivity contribution in [3.63, 3.8) is 0 Å². The van der Waals surface area contributed by atoms with E-state index in [-0.39, 0.29) is 0 Å². The molecule has 1 aliphatic rings. The summed E-state index contributed by atoms with van der Waals surface area (Å²) in [6.07, 6.45) is 18.8. The monoisotopic (exact) mass is 235 g/mol. The number of hydrogen-bond acceptors (Lipinski definition) is 1. The Hall–Kier alpha value is -0.480. The summed E-state index contributed by atoms with van der Waals surface area (Å²) in [4.78, 5) is 0. The summed E-state index contributed by atoms with van der Waals surface area (Å²) in [6, 6.07) is 0.705. The molecule has 98 valence electrons. The standard InChI is InChI=1S/C16H29N/c1-3-5-8-13-16(17-4-2)14-15-11-9-6-7-10-12-15/h1,15-17H,4-14H2,2H3. The van der Waals surface area contributed by atoms with Crippen LogP contribution in [0.2, 0.25) is 0 Å². The number of hydrogen-bond donors (Lipinski definition) is 1. The van der Waals surface area contributed by atoms with E-state index in [0.29, 0.717) is 6.04 Å². The van der Waals surface area contributed by atoms with Gasteiger partial charge in [-0.05, 0) is 31.7 Å². The normalized spacial score (nSPS) is 19.5. The van der Waals surface area contributed by atoms with E-state index in [9.17, 15) is 0 Å². The minimum absolute atomic E-state index is 0.705. The van der Waals surface area contributed by atoms with Crippen molar-refractivity contribution < 1.29 is 0 Å². The Labute approximate surface area is 108 Å². The van der Waals surface area contributed by atoms with Crippen LogP contribution in [0.15, 0.2) is 0 Å². The van der Waals surface area contributed by atoms with Crippen LogP contribution in [-0.4, -0.2) is 12.6 Å². The van der Waals surface area contributed by atoms with Gasteiger partial charge in [-0.25, -0.2) is 0 Å². The molecule has 0 aromatic carbocycles. The third kappa shape index (κ3) is 6.74. The molecule has 0 spiro atoms. The Morgan fingerprint density at radius 1 is 1.24 bits per heavy atom. The predicted molar refractivity (Wildman–Crippen MR) is 76.0 cm³/mol. The maximum atomic E-state index is 5.32. The topological polar surface area (TPSA) is 12.0 Å². The Bertz CT molecular complexity index is 208. The summed E-state index contributed by atoms with van der Waals surface area (Å²) in [5.41, 5.74) is 0. The van der Waals surface area contributed by atoms with Crippen LogP contribution in [-0.2, 0) is 0 Å². The second kappa shape index (κ2) is 9.54. The summed E-state index contributed by atoms with van der Waals surface area (Å²) in [7, 11) is 0. The van der Waals surface area contributed by atoms with Gasteiger partial charge in [0.2, 0.25) is 0 Å². The van der Waals surface area contributed by atoms with E-state index < -0.39 is 0 Å². The number of unbranched alkanes of at least 4 members (excludes halogenated alkanes) is 1. The van der Waals surface area contributed by atoms with E-state index in [1.54, 1.807) is 0 Å². The lowest BCUT2D eigenvalue weighted by Crippen LogP contribution is -2.31. The Morgan fingerprint density at radius 2 is 1.94 bits per heavy atom. The largest absolute Gasteiger partial charge is 0.314 e. The number of rotatable bonds is 7. The summed E-state index contributed by atoms with van der Waals surface area (Å²) < 4.78 is 0. The molecule has 0 saturated heterocycles. The zero-order chi connectivity index (χ0) is 12.3. The summed E-state index contributed by atoms with van der Waals surface area (Å²) in [6.45, 7) is 3.30. The van der Waals surface area contributed by atoms with E-state index in [1.165, 1.54) is 57.8 Å². The molecule has 1 atom stereocenters. The summed E-state index contributed by atoms with van der Waals surface area (Å²) >= 11 is 0. The lowest BCUT2D eigenvalue weighted by Gasteiger charge is -2.23. The first-order valence-electron chi connectivity index (χ1n) is 7.53. The average molecular weight is 235 g/mol. The lowest BCUT2D eigenvalue weighted by molar-refractivity contribution is 0.339. The third-order valence-electron chi connectivity index (χ3n) is 3.96. The van der Waals surface area contributed by atoms with Crippen LogP contribution >= 0.6 is 0 Å². The first-order chi connectivity index (χ1) is 8.36. The molecule has 0 aliphatic heterocycles. The molecule has 0 heterocycles. The summed E-state index contributed by atoms with van der Waals surface area (Å²) in [5.74, 6) is 3.72. The van der Waals surface area contributed by atoms with Gasteiger partial charge in [0.25, 0.3) is 0 Å². The molecular formula is C16H29N. The van der Waals surface area contributed by atoms with Crippen LogP contribution in [0, 0.1) is 18.3 Å². The van der Waals surface area contributed by atoms with Crippen molar-refractivity contribution in [2.45, 2.75) is 77.2 Å². The molecule has 1 N–H and O–H groups in total.